The van der Waals surface area contributed by atoms with E-state index in [4.69, 9.17) is 14.7 Å². The lowest BCUT2D eigenvalue weighted by Crippen LogP contribution is -2.54. The summed E-state index contributed by atoms with van der Waals surface area (Å²) < 4.78 is 10.8. The molecule has 6 heteroatoms. The summed E-state index contributed by atoms with van der Waals surface area (Å²) in [6, 6.07) is 16.2. The summed E-state index contributed by atoms with van der Waals surface area (Å²) in [5, 5.41) is 12.1. The first-order valence-electron chi connectivity index (χ1n) is 10.2. The van der Waals surface area contributed by atoms with Gasteiger partial charge in [-0.15, -0.1) is 0 Å². The maximum absolute atomic E-state index is 12.8. The number of nitriles is 1. The van der Waals surface area contributed by atoms with E-state index in [0.717, 1.165) is 31.2 Å². The number of methoxy groups -OCH3 is 1. The minimum atomic E-state index is -0.960. The first-order valence-corrected chi connectivity index (χ1v) is 10.2. The summed E-state index contributed by atoms with van der Waals surface area (Å²) >= 11 is 0. The number of nitrogens with zero attached hydrogens (tertiary/aromatic N) is 1. The van der Waals surface area contributed by atoms with E-state index in [1.807, 2.05) is 18.2 Å². The Morgan fingerprint density at radius 2 is 1.70 bits per heavy atom. The number of benzene rings is 2. The molecule has 3 rings (SSSR count). The second kappa shape index (κ2) is 9.93. The monoisotopic (exact) mass is 406 g/mol. The molecule has 1 saturated carbocycles. The molecule has 2 aromatic rings. The fraction of sp³-hybridized carbons (Fsp3) is 0.375. The highest BCUT2D eigenvalue weighted by Gasteiger charge is 2.41. The first kappa shape index (κ1) is 21.4. The van der Waals surface area contributed by atoms with Crippen molar-refractivity contribution in [1.82, 2.24) is 5.32 Å². The van der Waals surface area contributed by atoms with Crippen molar-refractivity contribution >= 4 is 11.9 Å². The highest BCUT2D eigenvalue weighted by atomic mass is 16.5. The molecule has 0 saturated heterocycles. The summed E-state index contributed by atoms with van der Waals surface area (Å²) in [6.45, 7) is 0.265. The molecule has 1 aliphatic rings. The Hall–Kier alpha value is -3.33. The molecule has 0 radical (unpaired) electrons. The van der Waals surface area contributed by atoms with Crippen molar-refractivity contribution in [3.63, 3.8) is 0 Å². The van der Waals surface area contributed by atoms with Crippen LogP contribution in [0.3, 0.4) is 0 Å². The van der Waals surface area contributed by atoms with Crippen molar-refractivity contribution in [2.45, 2.75) is 50.7 Å². The molecule has 1 aliphatic carbocycles. The molecule has 1 amide bonds. The van der Waals surface area contributed by atoms with Crippen LogP contribution in [0.1, 0.15) is 60.0 Å². The fourth-order valence-electron chi connectivity index (χ4n) is 3.82. The van der Waals surface area contributed by atoms with E-state index in [0.29, 0.717) is 29.7 Å². The lowest BCUT2D eigenvalue weighted by molar-refractivity contribution is -0.148. The molecule has 6 nitrogen and oxygen atoms in total. The van der Waals surface area contributed by atoms with Gasteiger partial charge in [-0.3, -0.25) is 4.79 Å². The van der Waals surface area contributed by atoms with E-state index in [-0.39, 0.29) is 18.5 Å². The number of esters is 1. The number of rotatable bonds is 6. The second-order valence-corrected chi connectivity index (χ2v) is 7.52. The number of carbonyl (C=O) groups is 2. The average Bonchev–Trinajstić information content (AvgIpc) is 3.04. The molecule has 2 aromatic carbocycles. The predicted octanol–water partition coefficient (Wildman–Crippen LogP) is 4.13. The lowest BCUT2D eigenvalue weighted by atomic mass is 9.89. The average molecular weight is 406 g/mol. The summed E-state index contributed by atoms with van der Waals surface area (Å²) in [4.78, 5) is 25.3. The number of nitrogens with one attached hydrogen (secondary N) is 1. The van der Waals surface area contributed by atoms with Crippen molar-refractivity contribution in [2.75, 3.05) is 7.11 Å². The zero-order valence-electron chi connectivity index (χ0n) is 17.1. The third-order valence-electron chi connectivity index (χ3n) is 5.53. The van der Waals surface area contributed by atoms with Gasteiger partial charge in [-0.2, -0.15) is 5.26 Å². The third kappa shape index (κ3) is 4.98. The van der Waals surface area contributed by atoms with Gasteiger partial charge in [0.1, 0.15) is 17.9 Å². The molecular weight excluding hydrogens is 380 g/mol. The summed E-state index contributed by atoms with van der Waals surface area (Å²) in [6.07, 6.45) is 5.04. The molecule has 0 atom stereocenters. The molecule has 1 N–H and O–H groups in total. The van der Waals surface area contributed by atoms with Crippen LogP contribution in [0.2, 0.25) is 0 Å². The fourth-order valence-corrected chi connectivity index (χ4v) is 3.82. The Balaban J connectivity index is 1.67. The molecule has 0 heterocycles. The molecule has 0 unspecified atom stereocenters. The van der Waals surface area contributed by atoms with Crippen LogP contribution in [0.25, 0.3) is 0 Å². The van der Waals surface area contributed by atoms with Gasteiger partial charge in [0.15, 0.2) is 0 Å². The van der Waals surface area contributed by atoms with Crippen molar-refractivity contribution in [3.8, 4) is 11.8 Å². The zero-order chi connectivity index (χ0) is 21.4. The van der Waals surface area contributed by atoms with Crippen LogP contribution < -0.4 is 10.1 Å². The van der Waals surface area contributed by atoms with E-state index >= 15 is 0 Å². The van der Waals surface area contributed by atoms with Gasteiger partial charge in [-0.1, -0.05) is 43.9 Å². The Kier molecular flexibility index (Phi) is 7.08. The highest BCUT2D eigenvalue weighted by molar-refractivity contribution is 5.98. The van der Waals surface area contributed by atoms with Crippen LogP contribution in [-0.2, 0) is 16.1 Å². The van der Waals surface area contributed by atoms with Crippen molar-refractivity contribution in [3.05, 3.63) is 65.2 Å². The van der Waals surface area contributed by atoms with Crippen LogP contribution in [0.4, 0.5) is 0 Å². The maximum atomic E-state index is 12.8. The lowest BCUT2D eigenvalue weighted by Gasteiger charge is -2.30. The van der Waals surface area contributed by atoms with Crippen LogP contribution in [0.5, 0.6) is 5.75 Å². The number of hydrogen-bond acceptors (Lipinski definition) is 5. The van der Waals surface area contributed by atoms with Crippen molar-refractivity contribution in [2.24, 2.45) is 0 Å². The minimum Gasteiger partial charge on any atom is -0.489 e. The van der Waals surface area contributed by atoms with E-state index < -0.39 is 5.54 Å². The second-order valence-electron chi connectivity index (χ2n) is 7.52. The first-order chi connectivity index (χ1) is 14.6. The zero-order valence-corrected chi connectivity index (χ0v) is 17.1. The number of ether oxygens (including phenoxy) is 2. The Bertz CT molecular complexity index is 923. The standard InChI is InChI=1S/C24H26N2O4/c1-29-23(28)24(14-6-2-3-7-15-24)26-22(27)18-10-12-21(13-11-18)30-17-20-9-5-4-8-19(20)16-25/h4-5,8-13H,2-3,6-7,14-15,17H2,1H3,(H,26,27). The van der Waals surface area contributed by atoms with Gasteiger partial charge in [-0.05, 0) is 43.2 Å². The van der Waals surface area contributed by atoms with E-state index in [2.05, 4.69) is 11.4 Å². The predicted molar refractivity (Wildman–Crippen MR) is 112 cm³/mol. The van der Waals surface area contributed by atoms with Crippen LogP contribution >= 0.6 is 0 Å². The Morgan fingerprint density at radius 1 is 1.03 bits per heavy atom. The van der Waals surface area contributed by atoms with Crippen LogP contribution in [0.15, 0.2) is 48.5 Å². The molecule has 1 fully saturated rings. The third-order valence-corrected chi connectivity index (χ3v) is 5.53. The molecule has 0 aromatic heterocycles. The summed E-state index contributed by atoms with van der Waals surface area (Å²) in [5.41, 5.74) is 0.867. The topological polar surface area (TPSA) is 88.4 Å². The quantitative estimate of drug-likeness (QED) is 0.575. The normalized spacial score (nSPS) is 15.3. The van der Waals surface area contributed by atoms with E-state index in [9.17, 15) is 9.59 Å². The minimum absolute atomic E-state index is 0.265. The van der Waals surface area contributed by atoms with Gasteiger partial charge in [0.25, 0.3) is 5.91 Å². The van der Waals surface area contributed by atoms with E-state index in [1.165, 1.54) is 7.11 Å². The molecular formula is C24H26N2O4. The van der Waals surface area contributed by atoms with Crippen LogP contribution in [-0.4, -0.2) is 24.5 Å². The molecule has 30 heavy (non-hydrogen) atoms. The summed E-state index contributed by atoms with van der Waals surface area (Å²) in [7, 11) is 1.36. The SMILES string of the molecule is COC(=O)C1(NC(=O)c2ccc(OCc3ccccc3C#N)cc2)CCCCCC1. The van der Waals surface area contributed by atoms with Gasteiger partial charge in [0.2, 0.25) is 0 Å². The van der Waals surface area contributed by atoms with Gasteiger partial charge >= 0.3 is 5.97 Å². The summed E-state index contributed by atoms with van der Waals surface area (Å²) in [5.74, 6) is -0.0889. The number of hydrogen-bond donors (Lipinski definition) is 1. The highest BCUT2D eigenvalue weighted by Crippen LogP contribution is 2.29. The van der Waals surface area contributed by atoms with Crippen molar-refractivity contribution < 1.29 is 19.1 Å². The maximum Gasteiger partial charge on any atom is 0.331 e. The van der Waals surface area contributed by atoms with Gasteiger partial charge in [0.05, 0.1) is 18.7 Å². The number of amides is 1. The molecule has 0 bridgehead atoms. The van der Waals surface area contributed by atoms with Gasteiger partial charge in [-0.25, -0.2) is 4.79 Å². The number of carbonyl (C=O) groups excluding carboxylic acids is 2. The Morgan fingerprint density at radius 3 is 2.33 bits per heavy atom. The Labute approximate surface area is 176 Å². The smallest absolute Gasteiger partial charge is 0.331 e. The molecule has 0 spiro atoms. The van der Waals surface area contributed by atoms with Gasteiger partial charge < -0.3 is 14.8 Å². The molecule has 156 valence electrons. The van der Waals surface area contributed by atoms with E-state index in [1.54, 1.807) is 30.3 Å². The largest absolute Gasteiger partial charge is 0.489 e. The van der Waals surface area contributed by atoms with Gasteiger partial charge in [0, 0.05) is 11.1 Å². The van der Waals surface area contributed by atoms with Crippen LogP contribution in [0, 0.1) is 11.3 Å². The van der Waals surface area contributed by atoms with Crippen molar-refractivity contribution in [1.29, 1.82) is 5.26 Å². The molecule has 0 aliphatic heterocycles.